The molecule has 12 heteroatoms. The SMILES string of the molecule is Cc1ccccc1-c1cc(-c2ccccc2)c2c3c1Oc1ccc(-c4ccccc4)cc1P3(=O)c1cc(-c3ccccc3)ccc1O2.Cc1ccccc1-c1ccc2c(c1)P1(=O)c3cc(-c4ccccc4)ccc3Oc3c(-c4ccccc4)cc(-c4ccccc4)c(c31)O2.Cc1ccccc1-c1ccc2c(c1)P1(=O)c3cc(-c4ccccc4C)ccc3Oc3c(-c4ccccc4)cc(-c4ccccc4)c(c31)O2. The average molecular weight is 1890 g/mol. The van der Waals surface area contributed by atoms with Gasteiger partial charge in [0.05, 0.1) is 31.8 Å². The number of rotatable bonds is 12. The van der Waals surface area contributed by atoms with Crippen molar-refractivity contribution in [2.75, 3.05) is 0 Å². The summed E-state index contributed by atoms with van der Waals surface area (Å²) in [6.07, 6.45) is 0. The highest BCUT2D eigenvalue weighted by molar-refractivity contribution is 7.87. The second-order valence-corrected chi connectivity index (χ2v) is 44.5. The molecule has 0 radical (unpaired) electrons. The molecule has 2 unspecified atom stereocenters. The molecule has 142 heavy (non-hydrogen) atoms. The fourth-order valence-electron chi connectivity index (χ4n) is 21.1. The molecular formula is C130H89O9P3. The van der Waals surface area contributed by atoms with Gasteiger partial charge in [-0.25, -0.2) is 0 Å². The quantitative estimate of drug-likeness (QED) is 0.111. The molecule has 0 saturated carbocycles. The first-order chi connectivity index (χ1) is 69.7. The summed E-state index contributed by atoms with van der Waals surface area (Å²) >= 11 is 0. The number of ether oxygens (including phenoxy) is 6. The number of benzene rings is 21. The average Bonchev–Trinajstić information content (AvgIpc) is 0.693. The van der Waals surface area contributed by atoms with E-state index in [-0.39, 0.29) is 0 Å². The maximum Gasteiger partial charge on any atom is 0.185 e. The summed E-state index contributed by atoms with van der Waals surface area (Å²) in [5, 5.41) is 5.96. The van der Waals surface area contributed by atoms with Gasteiger partial charge >= 0.3 is 0 Å². The second kappa shape index (κ2) is 35.2. The van der Waals surface area contributed by atoms with Gasteiger partial charge in [0.15, 0.2) is 21.4 Å². The van der Waals surface area contributed by atoms with E-state index in [9.17, 15) is 0 Å². The van der Waals surface area contributed by atoms with E-state index in [1.54, 1.807) is 0 Å². The minimum atomic E-state index is -3.58. The van der Waals surface area contributed by atoms with Gasteiger partial charge in [0.1, 0.15) is 84.9 Å². The van der Waals surface area contributed by atoms with Crippen LogP contribution in [0.15, 0.2) is 467 Å². The van der Waals surface area contributed by atoms with E-state index in [4.69, 9.17) is 28.4 Å². The van der Waals surface area contributed by atoms with Crippen molar-refractivity contribution in [1.82, 2.24) is 0 Å². The smallest absolute Gasteiger partial charge is 0.185 e. The molecule has 0 spiro atoms. The van der Waals surface area contributed by atoms with E-state index in [2.05, 4.69) is 264 Å². The summed E-state index contributed by atoms with van der Waals surface area (Å²) in [5.41, 5.74) is 28.2. The summed E-state index contributed by atoms with van der Waals surface area (Å²) in [4.78, 5) is 0. The lowest BCUT2D eigenvalue weighted by Gasteiger charge is -2.37. The van der Waals surface area contributed by atoms with Crippen molar-refractivity contribution >= 4 is 69.2 Å². The van der Waals surface area contributed by atoms with Crippen molar-refractivity contribution < 1.29 is 42.1 Å². The molecule has 0 bridgehead atoms. The predicted octanol–water partition coefficient (Wildman–Crippen LogP) is 31.8. The van der Waals surface area contributed by atoms with Crippen LogP contribution in [0.1, 0.15) is 22.3 Å². The molecule has 2 atom stereocenters. The third-order valence-electron chi connectivity index (χ3n) is 28.2. The fraction of sp³-hybridized carbons (Fsp3) is 0.0308. The molecule has 0 saturated heterocycles. The highest BCUT2D eigenvalue weighted by Crippen LogP contribution is 2.67. The maximum absolute atomic E-state index is 16.7. The molecule has 0 aromatic heterocycles. The Morgan fingerprint density at radius 1 is 0.141 bits per heavy atom. The van der Waals surface area contributed by atoms with Crippen molar-refractivity contribution in [2.45, 2.75) is 27.7 Å². The minimum absolute atomic E-state index is 0.584. The van der Waals surface area contributed by atoms with Gasteiger partial charge in [-0.2, -0.15) is 0 Å². The van der Waals surface area contributed by atoms with E-state index in [0.29, 0.717) is 117 Å². The van der Waals surface area contributed by atoms with Crippen LogP contribution in [0.5, 0.6) is 69.0 Å². The van der Waals surface area contributed by atoms with Crippen LogP contribution >= 0.6 is 21.4 Å². The van der Waals surface area contributed by atoms with Gasteiger partial charge in [0.25, 0.3) is 0 Å². The first-order valence-corrected chi connectivity index (χ1v) is 52.9. The van der Waals surface area contributed by atoms with Crippen LogP contribution in [-0.2, 0) is 13.7 Å². The van der Waals surface area contributed by atoms with Crippen LogP contribution in [0.4, 0.5) is 0 Å². The lowest BCUT2D eigenvalue weighted by molar-refractivity contribution is 0.463. The highest BCUT2D eigenvalue weighted by Gasteiger charge is 2.53. The van der Waals surface area contributed by atoms with Gasteiger partial charge in [-0.1, -0.05) is 376 Å². The molecule has 678 valence electrons. The molecule has 6 aliphatic rings. The Kier molecular flexibility index (Phi) is 21.5. The Hall–Kier alpha value is -16.9. The normalized spacial score (nSPS) is 14.7. The molecule has 6 aliphatic heterocycles. The molecule has 0 N–H and O–H groups in total. The standard InChI is InChI=1S/C44H31O3P.2C43H29O3P/c1-28-13-9-11-19-34(28)32-21-23-38-40(25-32)48(45)41-26-33(35-20-12-10-14-29(35)2)22-24-39(41)47-43-37(31-17-7-4-8-18-31)27-36(42(46-38)44(43)48)30-15-5-3-6-16-30;1-28-13-11-12-20-34(28)33-22-24-38-40(26-33)47(44)39-25-32(29-14-5-2-6-15-29)21-23-37(39)45-41-35(30-16-7-3-8-17-30)27-36(42(46-38)43(41)47)31-18-9-4-10-19-31;1-28-13-11-12-20-34(28)36-27-35(31-18-9-4-10-19-31)41-43-42(36)46-38-24-22-33(30-16-7-3-8-17-30)26-40(38)47(43,44)39-25-32(21-23-37(39)45-41)29-14-5-2-6-15-29/h3-27H,1-2H3;2*2-27H,1H3. The van der Waals surface area contributed by atoms with Crippen LogP contribution in [0.3, 0.4) is 0 Å². The monoisotopic (exact) mass is 1890 g/mol. The lowest BCUT2D eigenvalue weighted by Crippen LogP contribution is -2.36. The third kappa shape index (κ3) is 14.6. The maximum atomic E-state index is 16.7. The second-order valence-electron chi connectivity index (χ2n) is 36.7. The number of fused-ring (bicyclic) bond motifs is 12. The molecule has 21 aromatic rings. The first-order valence-electron chi connectivity index (χ1n) is 47.8. The van der Waals surface area contributed by atoms with Crippen LogP contribution in [0.2, 0.25) is 0 Å². The summed E-state index contributed by atoms with van der Waals surface area (Å²) in [5.74, 6) is 7.14. The lowest BCUT2D eigenvalue weighted by atomic mass is 9.94. The molecule has 0 aliphatic carbocycles. The van der Waals surface area contributed by atoms with Crippen molar-refractivity contribution in [2.24, 2.45) is 0 Å². The molecule has 0 fully saturated rings. The largest absolute Gasteiger partial charge is 0.455 e. The highest BCUT2D eigenvalue weighted by atomic mass is 31.2. The van der Waals surface area contributed by atoms with E-state index in [1.165, 1.54) is 0 Å². The van der Waals surface area contributed by atoms with Crippen molar-refractivity contribution in [3.05, 3.63) is 489 Å². The van der Waals surface area contributed by atoms with Crippen LogP contribution in [0.25, 0.3) is 134 Å². The first kappa shape index (κ1) is 86.7. The van der Waals surface area contributed by atoms with E-state index in [1.807, 2.05) is 231 Å². The fourth-order valence-corrected chi connectivity index (χ4v) is 30.6. The van der Waals surface area contributed by atoms with Gasteiger partial charge in [0.2, 0.25) is 0 Å². The summed E-state index contributed by atoms with van der Waals surface area (Å²) in [7, 11) is -10.7. The van der Waals surface area contributed by atoms with Crippen LogP contribution in [0, 0.1) is 27.7 Å². The van der Waals surface area contributed by atoms with Gasteiger partial charge in [-0.05, 0) is 241 Å². The van der Waals surface area contributed by atoms with E-state index >= 15 is 13.7 Å². The Balaban J connectivity index is 0.000000112. The predicted molar refractivity (Wildman–Crippen MR) is 582 cm³/mol. The zero-order valence-corrected chi connectivity index (χ0v) is 80.7. The Morgan fingerprint density at radius 2 is 0.310 bits per heavy atom. The summed E-state index contributed by atoms with van der Waals surface area (Å²) < 4.78 is 91.1. The van der Waals surface area contributed by atoms with E-state index < -0.39 is 21.4 Å². The van der Waals surface area contributed by atoms with Crippen molar-refractivity contribution in [1.29, 1.82) is 0 Å². The van der Waals surface area contributed by atoms with Crippen molar-refractivity contribution in [3.63, 3.8) is 0 Å². The Morgan fingerprint density at radius 3 is 0.528 bits per heavy atom. The molecule has 0 amide bonds. The van der Waals surface area contributed by atoms with Crippen LogP contribution < -0.4 is 76.2 Å². The van der Waals surface area contributed by atoms with Gasteiger partial charge in [0, 0.05) is 33.4 Å². The molecule has 27 rings (SSSR count). The number of aryl methyl sites for hydroxylation is 4. The summed E-state index contributed by atoms with van der Waals surface area (Å²) in [6, 6.07) is 158. The zero-order chi connectivity index (χ0) is 95.5. The zero-order valence-electron chi connectivity index (χ0n) is 78.0. The van der Waals surface area contributed by atoms with Gasteiger partial charge in [-0.15, -0.1) is 0 Å². The van der Waals surface area contributed by atoms with Gasteiger partial charge in [-0.3, -0.25) is 0 Å². The molecular weight excluding hydrogens is 1800 g/mol. The molecule has 6 heterocycles. The topological polar surface area (TPSA) is 107 Å². The molecule has 21 aromatic carbocycles. The Bertz CT molecular complexity index is 8450. The van der Waals surface area contributed by atoms with Crippen LogP contribution in [-0.4, -0.2) is 0 Å². The summed E-state index contributed by atoms with van der Waals surface area (Å²) in [6.45, 7) is 8.42. The van der Waals surface area contributed by atoms with Gasteiger partial charge < -0.3 is 42.1 Å². The van der Waals surface area contributed by atoms with E-state index in [0.717, 1.165) is 156 Å². The number of hydrogen-bond acceptors (Lipinski definition) is 9. The Labute approximate surface area is 825 Å². The van der Waals surface area contributed by atoms with Crippen molar-refractivity contribution in [3.8, 4) is 203 Å². The minimum Gasteiger partial charge on any atom is -0.455 e. The molecule has 9 nitrogen and oxygen atoms in total. The third-order valence-corrected chi connectivity index (χ3v) is 37.5. The number of hydrogen-bond donors (Lipinski definition) is 0.